The quantitative estimate of drug-likeness (QED) is 0.146. The molecule has 1 saturated carbocycles. The monoisotopic (exact) mass is 784 g/mol. The van der Waals surface area contributed by atoms with Gasteiger partial charge in [0, 0.05) is 21.5 Å². The summed E-state index contributed by atoms with van der Waals surface area (Å²) in [5.74, 6) is -5.66. The number of nitrogens with zero attached hydrogens (tertiary/aromatic N) is 2. The molecule has 8 nitrogen and oxygen atoms in total. The molecule has 3 heterocycles. The lowest BCUT2D eigenvalue weighted by Crippen LogP contribution is -2.61. The maximum atomic E-state index is 14.5. The molecule has 3 aliphatic heterocycles. The summed E-state index contributed by atoms with van der Waals surface area (Å²) in [6.07, 6.45) is 3.58. The summed E-state index contributed by atoms with van der Waals surface area (Å²) in [5.41, 5.74) is 2.33. The molecule has 238 valence electrons. The van der Waals surface area contributed by atoms with Gasteiger partial charge in [-0.1, -0.05) is 11.6 Å². The lowest BCUT2D eigenvalue weighted by Gasteiger charge is -2.51. The SMILES string of the molecule is O=C1[C@H]2[C@H](CC=C3[C@H](C4=COc5ccc(O)cc5C4)[C@]4(Cl)C(=O)N(c5ccc(F)cc5)C(=O)[C@]4(Cl)C[C@H]32)C(=O)N1c1ccc(I)cc1. The molecule has 3 aromatic carbocycles. The number of hydrogen-bond donors (Lipinski definition) is 1. The van der Waals surface area contributed by atoms with Crippen LogP contribution in [0.4, 0.5) is 15.8 Å². The zero-order chi connectivity index (χ0) is 33.0. The Balaban J connectivity index is 1.28. The number of benzene rings is 3. The number of hydrogen-bond acceptors (Lipinski definition) is 6. The highest BCUT2D eigenvalue weighted by atomic mass is 127. The topological polar surface area (TPSA) is 104 Å². The number of phenolic OH excluding ortho intramolecular Hbond substituents is 1. The van der Waals surface area contributed by atoms with Crippen LogP contribution < -0.4 is 14.5 Å². The van der Waals surface area contributed by atoms with E-state index >= 15 is 0 Å². The third-order valence-electron chi connectivity index (χ3n) is 10.1. The summed E-state index contributed by atoms with van der Waals surface area (Å²) >= 11 is 17.0. The van der Waals surface area contributed by atoms with Crippen LogP contribution >= 0.6 is 45.8 Å². The average Bonchev–Trinajstić information content (AvgIpc) is 3.39. The maximum Gasteiger partial charge on any atom is 0.258 e. The van der Waals surface area contributed by atoms with Crippen LogP contribution in [0.25, 0.3) is 0 Å². The largest absolute Gasteiger partial charge is 0.508 e. The molecular formula is C35H24Cl2FIN2O6. The zero-order valence-electron chi connectivity index (χ0n) is 24.3. The molecule has 4 amide bonds. The van der Waals surface area contributed by atoms with Crippen LogP contribution in [0.1, 0.15) is 18.4 Å². The van der Waals surface area contributed by atoms with Crippen molar-refractivity contribution in [3.63, 3.8) is 0 Å². The van der Waals surface area contributed by atoms with E-state index in [0.717, 1.165) is 20.6 Å². The number of carbonyl (C=O) groups is 4. The fraction of sp³-hybridized carbons (Fsp3) is 0.257. The highest BCUT2D eigenvalue weighted by Gasteiger charge is 2.77. The molecule has 3 fully saturated rings. The molecule has 47 heavy (non-hydrogen) atoms. The van der Waals surface area contributed by atoms with E-state index in [1.54, 1.807) is 24.3 Å². The van der Waals surface area contributed by atoms with Crippen molar-refractivity contribution in [3.05, 3.63) is 105 Å². The number of fused-ring (bicyclic) bond motifs is 5. The van der Waals surface area contributed by atoms with E-state index in [1.807, 2.05) is 18.2 Å². The summed E-state index contributed by atoms with van der Waals surface area (Å²) < 4.78 is 20.8. The highest BCUT2D eigenvalue weighted by molar-refractivity contribution is 14.1. The fourth-order valence-corrected chi connectivity index (χ4v) is 9.36. The number of anilines is 2. The van der Waals surface area contributed by atoms with Crippen molar-refractivity contribution in [2.75, 3.05) is 9.80 Å². The van der Waals surface area contributed by atoms with Gasteiger partial charge >= 0.3 is 0 Å². The normalized spacial score (nSPS) is 31.1. The van der Waals surface area contributed by atoms with Crippen LogP contribution in [0.2, 0.25) is 0 Å². The molecule has 0 radical (unpaired) electrons. The lowest BCUT2D eigenvalue weighted by atomic mass is 9.56. The third-order valence-corrected chi connectivity index (χ3v) is 12.3. The first-order valence-electron chi connectivity index (χ1n) is 15.0. The smallest absolute Gasteiger partial charge is 0.258 e. The molecule has 5 aliphatic rings. The number of ether oxygens (including phenoxy) is 1. The molecule has 6 atom stereocenters. The molecule has 2 aliphatic carbocycles. The summed E-state index contributed by atoms with van der Waals surface area (Å²) in [6.45, 7) is 0. The van der Waals surface area contributed by atoms with Crippen molar-refractivity contribution in [3.8, 4) is 11.5 Å². The number of carbonyl (C=O) groups excluding carboxylic acids is 4. The first-order valence-corrected chi connectivity index (χ1v) is 16.8. The van der Waals surface area contributed by atoms with Gasteiger partial charge in [-0.15, -0.1) is 23.2 Å². The second-order valence-electron chi connectivity index (χ2n) is 12.5. The molecule has 8 rings (SSSR count). The van der Waals surface area contributed by atoms with Crippen molar-refractivity contribution in [2.45, 2.75) is 29.0 Å². The predicted molar refractivity (Wildman–Crippen MR) is 180 cm³/mol. The number of amides is 4. The number of alkyl halides is 2. The minimum Gasteiger partial charge on any atom is -0.508 e. The molecule has 1 N–H and O–H groups in total. The number of halogens is 4. The number of phenols is 1. The van der Waals surface area contributed by atoms with E-state index in [1.165, 1.54) is 29.4 Å². The van der Waals surface area contributed by atoms with Crippen LogP contribution in [0.5, 0.6) is 11.5 Å². The van der Waals surface area contributed by atoms with Gasteiger partial charge in [-0.3, -0.25) is 24.1 Å². The Labute approximate surface area is 291 Å². The molecule has 0 unspecified atom stereocenters. The molecular weight excluding hydrogens is 761 g/mol. The van der Waals surface area contributed by atoms with E-state index in [0.29, 0.717) is 28.1 Å². The van der Waals surface area contributed by atoms with Gasteiger partial charge < -0.3 is 9.84 Å². The number of aromatic hydroxyl groups is 1. The van der Waals surface area contributed by atoms with Crippen LogP contribution in [-0.2, 0) is 25.6 Å². The Morgan fingerprint density at radius 1 is 0.872 bits per heavy atom. The number of rotatable bonds is 3. The van der Waals surface area contributed by atoms with Crippen LogP contribution in [0, 0.1) is 33.1 Å². The second-order valence-corrected chi connectivity index (χ2v) is 15.0. The van der Waals surface area contributed by atoms with Crippen molar-refractivity contribution in [1.82, 2.24) is 0 Å². The van der Waals surface area contributed by atoms with Crippen LogP contribution in [-0.4, -0.2) is 38.5 Å². The van der Waals surface area contributed by atoms with E-state index in [9.17, 15) is 28.7 Å². The molecule has 2 saturated heterocycles. The summed E-state index contributed by atoms with van der Waals surface area (Å²) in [6, 6.07) is 16.6. The first kappa shape index (κ1) is 30.6. The van der Waals surface area contributed by atoms with Gasteiger partial charge in [0.2, 0.25) is 11.8 Å². The number of imide groups is 2. The van der Waals surface area contributed by atoms with Crippen molar-refractivity contribution >= 4 is 80.8 Å². The highest BCUT2D eigenvalue weighted by Crippen LogP contribution is 2.65. The van der Waals surface area contributed by atoms with Gasteiger partial charge in [-0.25, -0.2) is 9.29 Å². The van der Waals surface area contributed by atoms with Crippen molar-refractivity contribution < 1.29 is 33.4 Å². The van der Waals surface area contributed by atoms with Crippen LogP contribution in [0.3, 0.4) is 0 Å². The van der Waals surface area contributed by atoms with Gasteiger partial charge in [-0.05, 0) is 114 Å². The summed E-state index contributed by atoms with van der Waals surface area (Å²) in [4.78, 5) is 55.0. The van der Waals surface area contributed by atoms with E-state index in [2.05, 4.69) is 22.6 Å². The Bertz CT molecular complexity index is 1980. The molecule has 0 bridgehead atoms. The van der Waals surface area contributed by atoms with Gasteiger partial charge in [0.25, 0.3) is 11.8 Å². The van der Waals surface area contributed by atoms with Crippen molar-refractivity contribution in [2.24, 2.45) is 23.7 Å². The van der Waals surface area contributed by atoms with Gasteiger partial charge in [0.1, 0.15) is 17.3 Å². The molecule has 0 spiro atoms. The fourth-order valence-electron chi connectivity index (χ4n) is 8.05. The summed E-state index contributed by atoms with van der Waals surface area (Å²) in [7, 11) is 0. The van der Waals surface area contributed by atoms with Gasteiger partial charge in [-0.2, -0.15) is 0 Å². The van der Waals surface area contributed by atoms with Crippen LogP contribution in [0.15, 0.2) is 90.2 Å². The maximum absolute atomic E-state index is 14.5. The van der Waals surface area contributed by atoms with E-state index in [-0.39, 0.29) is 36.6 Å². The summed E-state index contributed by atoms with van der Waals surface area (Å²) in [5, 5.41) is 10.2. The third kappa shape index (κ3) is 4.23. The predicted octanol–water partition coefficient (Wildman–Crippen LogP) is 6.26. The van der Waals surface area contributed by atoms with Crippen molar-refractivity contribution in [1.29, 1.82) is 0 Å². The lowest BCUT2D eigenvalue weighted by molar-refractivity contribution is -0.125. The zero-order valence-corrected chi connectivity index (χ0v) is 28.0. The number of allylic oxidation sites excluding steroid dienone is 3. The molecule has 12 heteroatoms. The molecule has 0 aromatic heterocycles. The average molecular weight is 785 g/mol. The van der Waals surface area contributed by atoms with Gasteiger partial charge in [0.05, 0.1) is 29.5 Å². The van der Waals surface area contributed by atoms with Gasteiger partial charge in [0.15, 0.2) is 9.75 Å². The first-order chi connectivity index (χ1) is 22.4. The Hall–Kier alpha value is -3.74. The van der Waals surface area contributed by atoms with E-state index in [4.69, 9.17) is 27.9 Å². The second kappa shape index (κ2) is 10.6. The standard InChI is InChI=1S/C35H24Cl2FIN2O6/c36-34-15-26-24(10-11-25-28(26)31(44)40(30(25)43)21-7-3-20(39)4-8-21)29(18-13-17-14-23(42)9-12-27(17)47-16-18)35(34,37)33(46)41(32(34)45)22-5-1-19(38)2-6-22/h1-10,12,14,16,25-26,28-29,42H,11,13,15H2/t25-,26+,28-,29-,34+,35-/m0/s1. The Morgan fingerprint density at radius 3 is 2.28 bits per heavy atom. The Kier molecular flexibility index (Phi) is 6.92. The minimum absolute atomic E-state index is 0.0162. The minimum atomic E-state index is -2.07. The Morgan fingerprint density at radius 2 is 1.55 bits per heavy atom. The molecule has 3 aromatic rings. The van der Waals surface area contributed by atoms with E-state index < -0.39 is 57.0 Å².